The van der Waals surface area contributed by atoms with E-state index in [1.165, 1.54) is 7.11 Å². The lowest BCUT2D eigenvalue weighted by molar-refractivity contribution is -0.149. The maximum atomic E-state index is 14.2. The fourth-order valence-electron chi connectivity index (χ4n) is 6.64. The summed E-state index contributed by atoms with van der Waals surface area (Å²) in [6, 6.07) is 9.66. The van der Waals surface area contributed by atoms with Crippen molar-refractivity contribution in [3.05, 3.63) is 67.8 Å². The molecule has 0 unspecified atom stereocenters. The standard InChI is InChI=1S/C36H48ClIN2O8/c1-21(2)27-10-5-22(3)13-30(27)47-20-33(43)40(18-23-6-8-26(37)9-7-23)29-16-25(36(45)39-11-12-41)17-31(34(29)44)48-35-28(38)14-24(19-42)15-32(35)46-4/h6-9,14-15,17,21-22,27,29-31,34,41-42,44H,5,10-13,16,18-20H2,1-4H3,(H,39,45)/t22-,27+,29+,30-,31-,34-/m0/s1. The molecule has 2 aromatic carbocycles. The van der Waals surface area contributed by atoms with Gasteiger partial charge in [-0.2, -0.15) is 0 Å². The zero-order valence-electron chi connectivity index (χ0n) is 28.0. The quantitative estimate of drug-likeness (QED) is 0.199. The Morgan fingerprint density at radius 3 is 2.50 bits per heavy atom. The fourth-order valence-corrected chi connectivity index (χ4v) is 7.56. The van der Waals surface area contributed by atoms with Crippen LogP contribution in [-0.2, 0) is 27.5 Å². The smallest absolute Gasteiger partial charge is 0.249 e. The molecule has 1 saturated carbocycles. The second-order valence-electron chi connectivity index (χ2n) is 13.1. The Hall–Kier alpha value is -2.42. The largest absolute Gasteiger partial charge is 0.493 e. The van der Waals surface area contributed by atoms with Crippen molar-refractivity contribution < 1.29 is 39.1 Å². The van der Waals surface area contributed by atoms with Gasteiger partial charge >= 0.3 is 0 Å². The summed E-state index contributed by atoms with van der Waals surface area (Å²) < 4.78 is 19.0. The number of aliphatic hydroxyl groups is 3. The first-order chi connectivity index (χ1) is 22.9. The minimum absolute atomic E-state index is 0.0430. The summed E-state index contributed by atoms with van der Waals surface area (Å²) in [5.41, 5.74) is 1.72. The van der Waals surface area contributed by atoms with Crippen LogP contribution in [0.5, 0.6) is 11.5 Å². The third-order valence-electron chi connectivity index (χ3n) is 9.31. The van der Waals surface area contributed by atoms with Crippen molar-refractivity contribution in [2.24, 2.45) is 17.8 Å². The van der Waals surface area contributed by atoms with Gasteiger partial charge in [-0.25, -0.2) is 0 Å². The van der Waals surface area contributed by atoms with Gasteiger partial charge in [-0.3, -0.25) is 9.59 Å². The lowest BCUT2D eigenvalue weighted by Gasteiger charge is -2.41. The molecule has 0 aliphatic heterocycles. The van der Waals surface area contributed by atoms with Crippen molar-refractivity contribution in [1.29, 1.82) is 0 Å². The Kier molecular flexibility index (Phi) is 14.4. The minimum Gasteiger partial charge on any atom is -0.493 e. The van der Waals surface area contributed by atoms with E-state index in [9.17, 15) is 24.9 Å². The Bertz CT molecular complexity index is 1420. The molecule has 0 spiro atoms. The molecule has 0 bridgehead atoms. The second kappa shape index (κ2) is 18.0. The van der Waals surface area contributed by atoms with E-state index in [2.05, 4.69) is 48.7 Å². The van der Waals surface area contributed by atoms with Gasteiger partial charge in [-0.05, 0) is 94.7 Å². The molecule has 2 aromatic rings. The SMILES string of the molecule is COc1cc(CO)cc(I)c1O[C@H]1C=C(C(=O)NCCO)C[C@@H](N(Cc2ccc(Cl)cc2)C(=O)CO[C@H]2C[C@@H](C)CC[C@@H]2C(C)C)[C@@H]1O. The fraction of sp³-hybridized carbons (Fsp3) is 0.556. The van der Waals surface area contributed by atoms with Crippen molar-refractivity contribution in [1.82, 2.24) is 10.2 Å². The van der Waals surface area contributed by atoms with Gasteiger partial charge in [0.25, 0.3) is 0 Å². The molecule has 264 valence electrons. The summed E-state index contributed by atoms with van der Waals surface area (Å²) in [5.74, 6) is 1.19. The van der Waals surface area contributed by atoms with E-state index in [4.69, 9.17) is 25.8 Å². The first-order valence-corrected chi connectivity index (χ1v) is 18.0. The number of nitrogens with one attached hydrogen (secondary N) is 1. The Morgan fingerprint density at radius 1 is 1.12 bits per heavy atom. The number of benzene rings is 2. The van der Waals surface area contributed by atoms with Crippen LogP contribution in [0.1, 0.15) is 57.6 Å². The zero-order valence-corrected chi connectivity index (χ0v) is 30.9. The van der Waals surface area contributed by atoms with E-state index in [-0.39, 0.29) is 51.3 Å². The molecule has 2 aliphatic carbocycles. The molecule has 4 N–H and O–H groups in total. The molecule has 0 radical (unpaired) electrons. The molecule has 0 aromatic heterocycles. The molecule has 2 aliphatic rings. The minimum atomic E-state index is -1.24. The van der Waals surface area contributed by atoms with Crippen LogP contribution in [-0.4, -0.2) is 83.3 Å². The number of hydrogen-bond donors (Lipinski definition) is 4. The summed E-state index contributed by atoms with van der Waals surface area (Å²) in [4.78, 5) is 29.1. The molecule has 1 fully saturated rings. The van der Waals surface area contributed by atoms with Gasteiger partial charge < -0.3 is 39.7 Å². The summed E-state index contributed by atoms with van der Waals surface area (Å²) in [7, 11) is 1.48. The summed E-state index contributed by atoms with van der Waals surface area (Å²) in [6.07, 6.45) is 2.31. The highest BCUT2D eigenvalue weighted by Crippen LogP contribution is 2.38. The predicted octanol–water partition coefficient (Wildman–Crippen LogP) is 4.87. The normalized spacial score (nSPS) is 24.2. The molecule has 2 amide bonds. The highest BCUT2D eigenvalue weighted by atomic mass is 127. The van der Waals surface area contributed by atoms with Crippen LogP contribution in [0.15, 0.2) is 48.0 Å². The molecule has 0 heterocycles. The van der Waals surface area contributed by atoms with Crippen LogP contribution >= 0.6 is 34.2 Å². The van der Waals surface area contributed by atoms with Crippen molar-refractivity contribution in [3.63, 3.8) is 0 Å². The van der Waals surface area contributed by atoms with Crippen LogP contribution in [0.25, 0.3) is 0 Å². The molecular weight excluding hydrogens is 751 g/mol. The molecular formula is C36H48ClIN2O8. The number of nitrogens with zero attached hydrogens (tertiary/aromatic N) is 1. The second-order valence-corrected chi connectivity index (χ2v) is 14.7. The van der Waals surface area contributed by atoms with Crippen LogP contribution in [0.4, 0.5) is 0 Å². The monoisotopic (exact) mass is 798 g/mol. The van der Waals surface area contributed by atoms with Crippen molar-refractivity contribution >= 4 is 46.0 Å². The number of rotatable bonds is 14. The highest BCUT2D eigenvalue weighted by Gasteiger charge is 2.41. The molecule has 0 saturated heterocycles. The molecule has 4 rings (SSSR count). The zero-order chi connectivity index (χ0) is 35.0. The number of hydrogen-bond acceptors (Lipinski definition) is 8. The summed E-state index contributed by atoms with van der Waals surface area (Å²) >= 11 is 8.23. The average molecular weight is 799 g/mol. The number of ether oxygens (including phenoxy) is 3. The van der Waals surface area contributed by atoms with Gasteiger partial charge in [0.1, 0.15) is 18.8 Å². The Morgan fingerprint density at radius 2 is 1.85 bits per heavy atom. The number of aliphatic hydroxyl groups excluding tert-OH is 3. The van der Waals surface area contributed by atoms with E-state index in [0.29, 0.717) is 49.0 Å². The van der Waals surface area contributed by atoms with Gasteiger partial charge in [0, 0.05) is 30.1 Å². The topological polar surface area (TPSA) is 138 Å². The van der Waals surface area contributed by atoms with Crippen LogP contribution in [0.2, 0.25) is 5.02 Å². The lowest BCUT2D eigenvalue weighted by Crippen LogP contribution is -2.55. The van der Waals surface area contributed by atoms with Gasteiger partial charge in [0.05, 0.1) is 36.0 Å². The van der Waals surface area contributed by atoms with Gasteiger partial charge in [0.2, 0.25) is 11.8 Å². The van der Waals surface area contributed by atoms with Crippen LogP contribution in [0.3, 0.4) is 0 Å². The maximum absolute atomic E-state index is 14.2. The van der Waals surface area contributed by atoms with Gasteiger partial charge in [-0.15, -0.1) is 0 Å². The van der Waals surface area contributed by atoms with Gasteiger partial charge in [0.15, 0.2) is 11.5 Å². The summed E-state index contributed by atoms with van der Waals surface area (Å²) in [5, 5.41) is 34.3. The molecule has 6 atom stereocenters. The first kappa shape index (κ1) is 38.4. The van der Waals surface area contributed by atoms with E-state index in [0.717, 1.165) is 24.8 Å². The first-order valence-electron chi connectivity index (χ1n) is 16.5. The Labute approximate surface area is 301 Å². The molecule has 48 heavy (non-hydrogen) atoms. The van der Waals surface area contributed by atoms with Crippen LogP contribution < -0.4 is 14.8 Å². The average Bonchev–Trinajstić information content (AvgIpc) is 3.07. The number of halogens is 2. The molecule has 12 heteroatoms. The number of carbonyl (C=O) groups is 2. The van der Waals surface area contributed by atoms with Crippen LogP contribution in [0, 0.1) is 21.3 Å². The van der Waals surface area contributed by atoms with Crippen molar-refractivity contribution in [2.45, 2.75) is 84.0 Å². The lowest BCUT2D eigenvalue weighted by atomic mass is 9.75. The van der Waals surface area contributed by atoms with Gasteiger partial charge in [-0.1, -0.05) is 50.9 Å². The number of amides is 2. The van der Waals surface area contributed by atoms with E-state index in [1.807, 2.05) is 12.1 Å². The number of carbonyl (C=O) groups excluding carboxylic acids is 2. The highest BCUT2D eigenvalue weighted by molar-refractivity contribution is 14.1. The molecule has 10 nitrogen and oxygen atoms in total. The van der Waals surface area contributed by atoms with E-state index in [1.54, 1.807) is 35.2 Å². The van der Waals surface area contributed by atoms with Crippen molar-refractivity contribution in [2.75, 3.05) is 26.9 Å². The Balaban J connectivity index is 1.69. The van der Waals surface area contributed by atoms with E-state index >= 15 is 0 Å². The predicted molar refractivity (Wildman–Crippen MR) is 192 cm³/mol. The van der Waals surface area contributed by atoms with E-state index < -0.39 is 24.2 Å². The third-order valence-corrected chi connectivity index (χ3v) is 10.4. The third kappa shape index (κ3) is 9.85. The number of methoxy groups -OCH3 is 1. The maximum Gasteiger partial charge on any atom is 0.249 e. The summed E-state index contributed by atoms with van der Waals surface area (Å²) in [6.45, 7) is 6.16. The van der Waals surface area contributed by atoms with Crippen molar-refractivity contribution in [3.8, 4) is 11.5 Å².